The molecule has 1 aromatic rings. The van der Waals surface area contributed by atoms with Crippen LogP contribution in [0.5, 0.6) is 0 Å². The molecule has 0 N–H and O–H groups in total. The van der Waals surface area contributed by atoms with E-state index in [2.05, 4.69) is 10.2 Å². The Morgan fingerprint density at radius 2 is 1.92 bits per heavy atom. The first-order valence-electron chi connectivity index (χ1n) is 3.59. The van der Waals surface area contributed by atoms with E-state index in [1.165, 1.54) is 0 Å². The maximum Gasteiger partial charge on any atom is 0.449 e. The molecule has 0 aromatic heterocycles. The van der Waals surface area contributed by atoms with Crippen LogP contribution in [0.25, 0.3) is 0 Å². The van der Waals surface area contributed by atoms with Crippen LogP contribution in [0, 0.1) is 0 Å². The highest BCUT2D eigenvalue weighted by Gasteiger charge is 2.42. The molecule has 0 fully saturated rings. The quantitative estimate of drug-likeness (QED) is 0.634. The maximum atomic E-state index is 12.6. The van der Waals surface area contributed by atoms with Gasteiger partial charge in [0.25, 0.3) is 0 Å². The number of ether oxygens (including phenoxy) is 1. The lowest BCUT2D eigenvalue weighted by molar-refractivity contribution is -0.0882. The van der Waals surface area contributed by atoms with Crippen molar-refractivity contribution in [2.75, 3.05) is 0 Å². The van der Waals surface area contributed by atoms with Crippen molar-refractivity contribution in [3.63, 3.8) is 0 Å². The molecule has 0 unspecified atom stereocenters. The van der Waals surface area contributed by atoms with Gasteiger partial charge < -0.3 is 4.74 Å². The molecule has 0 aliphatic carbocycles. The first-order chi connectivity index (χ1) is 5.79. The molecule has 0 atom stereocenters. The molecule has 1 aromatic carbocycles. The summed E-state index contributed by atoms with van der Waals surface area (Å²) < 4.78 is 17.4. The molecule has 0 amide bonds. The van der Waals surface area contributed by atoms with E-state index in [4.69, 9.17) is 4.74 Å². The fraction of sp³-hybridized carbons (Fsp3) is 0.250. The Hall–Kier alpha value is -1.29. The zero-order valence-electron chi connectivity index (χ0n) is 6.27. The molecule has 0 saturated carbocycles. The number of hydrogen-bond acceptors (Lipinski definition) is 3. The lowest BCUT2D eigenvalue weighted by Crippen LogP contribution is -2.07. The van der Waals surface area contributed by atoms with Gasteiger partial charge in [-0.3, -0.25) is 0 Å². The minimum absolute atomic E-state index is 0.199. The first-order valence-corrected chi connectivity index (χ1v) is 3.59. The van der Waals surface area contributed by atoms with E-state index in [9.17, 15) is 4.39 Å². The summed E-state index contributed by atoms with van der Waals surface area (Å²) in [6.07, 6.45) is -2.05. The predicted molar refractivity (Wildman–Crippen MR) is 39.9 cm³/mol. The summed E-state index contributed by atoms with van der Waals surface area (Å²) in [5.74, 6) is 0. The summed E-state index contributed by atoms with van der Waals surface area (Å²) >= 11 is 0. The third kappa shape index (κ3) is 1.65. The maximum absolute atomic E-state index is 12.6. The summed E-state index contributed by atoms with van der Waals surface area (Å²) in [7, 11) is 0. The number of alkyl halides is 1. The highest BCUT2D eigenvalue weighted by atomic mass is 19.2. The van der Waals surface area contributed by atoms with Gasteiger partial charge in [-0.1, -0.05) is 40.6 Å². The third-order valence-corrected chi connectivity index (χ3v) is 1.52. The van der Waals surface area contributed by atoms with Crippen molar-refractivity contribution in [2.45, 2.75) is 12.7 Å². The standard InChI is InChI=1S/C8H7FN2O/c9-8(10-11-8)12-6-7-4-2-1-3-5-7/h1-5H,6H2. The van der Waals surface area contributed by atoms with Gasteiger partial charge in [-0.25, -0.2) is 0 Å². The lowest BCUT2D eigenvalue weighted by atomic mass is 10.2. The SMILES string of the molecule is FC1(OCc2ccccc2)N=N1. The molecule has 3 nitrogen and oxygen atoms in total. The van der Waals surface area contributed by atoms with Gasteiger partial charge in [0.05, 0.1) is 6.61 Å². The van der Waals surface area contributed by atoms with E-state index in [1.54, 1.807) is 0 Å². The normalized spacial score (nSPS) is 17.8. The van der Waals surface area contributed by atoms with Crippen molar-refractivity contribution in [1.29, 1.82) is 0 Å². The minimum Gasteiger partial charge on any atom is -0.301 e. The lowest BCUT2D eigenvalue weighted by Gasteiger charge is -2.02. The zero-order valence-corrected chi connectivity index (χ0v) is 6.27. The molecule has 0 bridgehead atoms. The van der Waals surface area contributed by atoms with Crippen molar-refractivity contribution in [3.8, 4) is 0 Å². The van der Waals surface area contributed by atoms with Gasteiger partial charge in [0.2, 0.25) is 0 Å². The van der Waals surface area contributed by atoms with Gasteiger partial charge in [0.15, 0.2) is 0 Å². The molecular weight excluding hydrogens is 159 g/mol. The van der Waals surface area contributed by atoms with Gasteiger partial charge >= 0.3 is 6.10 Å². The number of rotatable bonds is 3. The second-order valence-corrected chi connectivity index (χ2v) is 2.50. The summed E-state index contributed by atoms with van der Waals surface area (Å²) in [4.78, 5) is 0. The molecule has 62 valence electrons. The van der Waals surface area contributed by atoms with Gasteiger partial charge in [0.1, 0.15) is 0 Å². The van der Waals surface area contributed by atoms with Crippen molar-refractivity contribution < 1.29 is 9.13 Å². The number of nitrogens with zero attached hydrogens (tertiary/aromatic N) is 2. The van der Waals surface area contributed by atoms with Crippen molar-refractivity contribution >= 4 is 0 Å². The van der Waals surface area contributed by atoms with Gasteiger partial charge in [-0.15, -0.1) is 0 Å². The second kappa shape index (κ2) is 2.64. The Morgan fingerprint density at radius 3 is 2.50 bits per heavy atom. The molecule has 4 heteroatoms. The van der Waals surface area contributed by atoms with Crippen molar-refractivity contribution in [3.05, 3.63) is 35.9 Å². The van der Waals surface area contributed by atoms with Crippen LogP contribution in [-0.4, -0.2) is 6.10 Å². The van der Waals surface area contributed by atoms with Crippen LogP contribution in [0.2, 0.25) is 0 Å². The predicted octanol–water partition coefficient (Wildman–Crippen LogP) is 2.25. The Balaban J connectivity index is 1.88. The van der Waals surface area contributed by atoms with E-state index in [0.29, 0.717) is 0 Å². The van der Waals surface area contributed by atoms with Crippen LogP contribution < -0.4 is 0 Å². The van der Waals surface area contributed by atoms with Crippen LogP contribution in [-0.2, 0) is 11.3 Å². The van der Waals surface area contributed by atoms with E-state index in [-0.39, 0.29) is 6.61 Å². The molecule has 12 heavy (non-hydrogen) atoms. The van der Waals surface area contributed by atoms with Gasteiger partial charge in [-0.05, 0) is 5.56 Å². The monoisotopic (exact) mass is 166 g/mol. The Bertz CT molecular complexity index is 293. The van der Waals surface area contributed by atoms with Crippen LogP contribution in [0.1, 0.15) is 5.56 Å². The molecule has 0 radical (unpaired) electrons. The average molecular weight is 166 g/mol. The Labute approximate surface area is 68.9 Å². The summed E-state index contributed by atoms with van der Waals surface area (Å²) in [6.45, 7) is 0.199. The zero-order chi connectivity index (χ0) is 8.44. The number of halogens is 1. The smallest absolute Gasteiger partial charge is 0.301 e. The highest BCUT2D eigenvalue weighted by molar-refractivity contribution is 5.13. The number of benzene rings is 1. The number of hydrogen-bond donors (Lipinski definition) is 0. The van der Waals surface area contributed by atoms with Crippen molar-refractivity contribution in [2.24, 2.45) is 10.2 Å². The van der Waals surface area contributed by atoms with Crippen LogP contribution in [0.4, 0.5) is 4.39 Å². The van der Waals surface area contributed by atoms with Crippen molar-refractivity contribution in [1.82, 2.24) is 0 Å². The third-order valence-electron chi connectivity index (χ3n) is 1.52. The van der Waals surface area contributed by atoms with E-state index >= 15 is 0 Å². The average Bonchev–Trinajstić information content (AvgIpc) is 2.84. The fourth-order valence-corrected chi connectivity index (χ4v) is 0.846. The van der Waals surface area contributed by atoms with Crippen LogP contribution in [0.15, 0.2) is 40.6 Å². The molecular formula is C8H7FN2O. The van der Waals surface area contributed by atoms with Gasteiger partial charge in [-0.2, -0.15) is 4.39 Å². The molecule has 2 rings (SSSR count). The van der Waals surface area contributed by atoms with Gasteiger partial charge in [0, 0.05) is 0 Å². The molecule has 1 aliphatic rings. The molecule has 0 saturated heterocycles. The summed E-state index contributed by atoms with van der Waals surface area (Å²) in [6, 6.07) is 9.33. The second-order valence-electron chi connectivity index (χ2n) is 2.50. The van der Waals surface area contributed by atoms with Crippen LogP contribution in [0.3, 0.4) is 0 Å². The Kier molecular flexibility index (Phi) is 1.62. The van der Waals surface area contributed by atoms with Crippen LogP contribution >= 0.6 is 0 Å². The summed E-state index contributed by atoms with van der Waals surface area (Å²) in [5, 5.41) is 6.17. The topological polar surface area (TPSA) is 34.0 Å². The Morgan fingerprint density at radius 1 is 1.25 bits per heavy atom. The molecule has 0 spiro atoms. The largest absolute Gasteiger partial charge is 0.449 e. The van der Waals surface area contributed by atoms with E-state index in [1.807, 2.05) is 30.3 Å². The summed E-state index contributed by atoms with van der Waals surface area (Å²) in [5.41, 5.74) is 0.909. The molecule has 1 aliphatic heterocycles. The van der Waals surface area contributed by atoms with E-state index in [0.717, 1.165) is 5.56 Å². The highest BCUT2D eigenvalue weighted by Crippen LogP contribution is 2.31. The molecule has 1 heterocycles. The van der Waals surface area contributed by atoms with E-state index < -0.39 is 6.10 Å². The fourth-order valence-electron chi connectivity index (χ4n) is 0.846. The first kappa shape index (κ1) is 7.36. The minimum atomic E-state index is -2.05.